The normalized spacial score (nSPS) is 24.2. The average molecular weight is 304 g/mol. The van der Waals surface area contributed by atoms with Crippen LogP contribution < -0.4 is 0 Å². The van der Waals surface area contributed by atoms with Crippen molar-refractivity contribution in [2.45, 2.75) is 56.9 Å². The second-order valence-corrected chi connectivity index (χ2v) is 8.90. The van der Waals surface area contributed by atoms with Gasteiger partial charge in [-0.3, -0.25) is 0 Å². The van der Waals surface area contributed by atoms with Crippen LogP contribution in [0.1, 0.15) is 40.0 Å². The summed E-state index contributed by atoms with van der Waals surface area (Å²) in [6, 6.07) is -0.131. The fourth-order valence-electron chi connectivity index (χ4n) is 2.34. The van der Waals surface area contributed by atoms with E-state index >= 15 is 0 Å². The van der Waals surface area contributed by atoms with Crippen LogP contribution in [-0.4, -0.2) is 60.7 Å². The molecular weight excluding hydrogens is 280 g/mol. The molecular formula is C13H24N2O4S. The smallest absolute Gasteiger partial charge is 0.410 e. The zero-order valence-corrected chi connectivity index (χ0v) is 13.4. The van der Waals surface area contributed by atoms with Gasteiger partial charge < -0.3 is 9.64 Å². The number of likely N-dealkylation sites (tertiary alicyclic amines) is 1. The summed E-state index contributed by atoms with van der Waals surface area (Å²) in [5.41, 5.74) is -0.527. The van der Waals surface area contributed by atoms with Crippen LogP contribution in [0.2, 0.25) is 0 Å². The first kappa shape index (κ1) is 15.6. The highest BCUT2D eigenvalue weighted by atomic mass is 32.2. The molecule has 2 aliphatic rings. The topological polar surface area (TPSA) is 66.9 Å². The van der Waals surface area contributed by atoms with Gasteiger partial charge in [0.15, 0.2) is 0 Å². The molecule has 0 N–H and O–H groups in total. The van der Waals surface area contributed by atoms with Crippen LogP contribution in [0.3, 0.4) is 0 Å². The Hall–Kier alpha value is -0.820. The third-order valence-corrected chi connectivity index (χ3v) is 6.09. The van der Waals surface area contributed by atoms with Gasteiger partial charge in [0.1, 0.15) is 5.60 Å². The fraction of sp³-hybridized carbons (Fsp3) is 0.923. The minimum absolute atomic E-state index is 0.131. The number of rotatable bonds is 3. The molecule has 0 bridgehead atoms. The van der Waals surface area contributed by atoms with Gasteiger partial charge in [0.25, 0.3) is 0 Å². The van der Waals surface area contributed by atoms with Crippen molar-refractivity contribution in [1.29, 1.82) is 0 Å². The number of likely N-dealkylation sites (N-methyl/N-ethyl adjacent to an activating group) is 1. The number of amides is 1. The Labute approximate surface area is 121 Å². The van der Waals surface area contributed by atoms with Crippen LogP contribution in [0, 0.1) is 0 Å². The van der Waals surface area contributed by atoms with Crippen molar-refractivity contribution in [3.63, 3.8) is 0 Å². The Balaban J connectivity index is 1.93. The second kappa shape index (κ2) is 5.18. The van der Waals surface area contributed by atoms with Gasteiger partial charge in [-0.1, -0.05) is 0 Å². The number of nitrogens with zero attached hydrogens (tertiary/aromatic N) is 2. The minimum Gasteiger partial charge on any atom is -0.444 e. The summed E-state index contributed by atoms with van der Waals surface area (Å²) in [6.45, 7) is 6.42. The monoisotopic (exact) mass is 304 g/mol. The van der Waals surface area contributed by atoms with Crippen LogP contribution in [0.4, 0.5) is 4.79 Å². The van der Waals surface area contributed by atoms with Gasteiger partial charge in [0.2, 0.25) is 10.0 Å². The van der Waals surface area contributed by atoms with Gasteiger partial charge in [-0.05, 0) is 40.0 Å². The SMILES string of the molecule is CN([C@@H]1CCN(C(=O)OC(C)(C)C)C1)S(=O)(=O)C1CC1. The molecule has 6 nitrogen and oxygen atoms in total. The molecule has 0 aromatic carbocycles. The van der Waals surface area contributed by atoms with E-state index in [0.29, 0.717) is 19.5 Å². The van der Waals surface area contributed by atoms with E-state index in [0.717, 1.165) is 12.8 Å². The first-order valence-corrected chi connectivity index (χ1v) is 8.56. The minimum atomic E-state index is -3.18. The molecule has 0 unspecified atom stereocenters. The summed E-state index contributed by atoms with van der Waals surface area (Å²) in [4.78, 5) is 13.6. The predicted molar refractivity (Wildman–Crippen MR) is 75.9 cm³/mol. The summed E-state index contributed by atoms with van der Waals surface area (Å²) in [6.07, 6.45) is 1.82. The second-order valence-electron chi connectivity index (χ2n) is 6.63. The first-order chi connectivity index (χ1) is 9.11. The Kier molecular flexibility index (Phi) is 4.03. The van der Waals surface area contributed by atoms with E-state index in [2.05, 4.69) is 0 Å². The van der Waals surface area contributed by atoms with Gasteiger partial charge in [0.05, 0.1) is 5.25 Å². The summed E-state index contributed by atoms with van der Waals surface area (Å²) >= 11 is 0. The molecule has 1 saturated heterocycles. The standard InChI is InChI=1S/C13H24N2O4S/c1-13(2,3)19-12(16)15-8-7-10(9-15)14(4)20(17,18)11-5-6-11/h10-11H,5-9H2,1-4H3/t10-/m1/s1. The third kappa shape index (κ3) is 3.44. The van der Waals surface area contributed by atoms with Crippen LogP contribution in [0.25, 0.3) is 0 Å². The summed E-state index contributed by atoms with van der Waals surface area (Å²) in [7, 11) is -1.56. The lowest BCUT2D eigenvalue weighted by molar-refractivity contribution is 0.0287. The van der Waals surface area contributed by atoms with Crippen LogP contribution in [-0.2, 0) is 14.8 Å². The highest BCUT2D eigenvalue weighted by molar-refractivity contribution is 7.90. The zero-order valence-electron chi connectivity index (χ0n) is 12.6. The number of sulfonamides is 1. The zero-order chi connectivity index (χ0) is 15.1. The molecule has 0 aromatic heterocycles. The van der Waals surface area contributed by atoms with Gasteiger partial charge in [-0.2, -0.15) is 4.31 Å². The van der Waals surface area contributed by atoms with Gasteiger partial charge in [-0.15, -0.1) is 0 Å². The number of hydrogen-bond acceptors (Lipinski definition) is 4. The summed E-state index contributed by atoms with van der Waals surface area (Å²) in [5, 5.41) is -0.205. The maximum Gasteiger partial charge on any atom is 0.410 e. The lowest BCUT2D eigenvalue weighted by atomic mass is 10.2. The molecule has 1 aliphatic carbocycles. The Morgan fingerprint density at radius 3 is 2.35 bits per heavy atom. The van der Waals surface area contributed by atoms with E-state index in [4.69, 9.17) is 4.74 Å². The Morgan fingerprint density at radius 2 is 1.85 bits per heavy atom. The van der Waals surface area contributed by atoms with Crippen LogP contribution in [0.5, 0.6) is 0 Å². The van der Waals surface area contributed by atoms with Crippen molar-refractivity contribution >= 4 is 16.1 Å². The summed E-state index contributed by atoms with van der Waals surface area (Å²) < 4.78 is 31.1. The molecule has 1 heterocycles. The van der Waals surface area contributed by atoms with E-state index < -0.39 is 15.6 Å². The number of hydrogen-bond donors (Lipinski definition) is 0. The molecule has 2 fully saturated rings. The molecule has 1 aliphatic heterocycles. The maximum absolute atomic E-state index is 12.2. The van der Waals surface area contributed by atoms with E-state index in [1.807, 2.05) is 20.8 Å². The molecule has 20 heavy (non-hydrogen) atoms. The van der Waals surface area contributed by atoms with E-state index in [9.17, 15) is 13.2 Å². The van der Waals surface area contributed by atoms with Crippen molar-refractivity contribution in [3.8, 4) is 0 Å². The van der Waals surface area contributed by atoms with Crippen molar-refractivity contribution < 1.29 is 17.9 Å². The highest BCUT2D eigenvalue weighted by Gasteiger charge is 2.43. The van der Waals surface area contributed by atoms with Gasteiger partial charge in [-0.25, -0.2) is 13.2 Å². The molecule has 1 atom stereocenters. The van der Waals surface area contributed by atoms with Crippen molar-refractivity contribution in [2.24, 2.45) is 0 Å². The molecule has 1 amide bonds. The van der Waals surface area contributed by atoms with Crippen molar-refractivity contribution in [1.82, 2.24) is 9.21 Å². The molecule has 116 valence electrons. The van der Waals surface area contributed by atoms with Crippen molar-refractivity contribution in [3.05, 3.63) is 0 Å². The average Bonchev–Trinajstić information content (AvgIpc) is 3.04. The lowest BCUT2D eigenvalue weighted by Crippen LogP contribution is -2.42. The third-order valence-electron chi connectivity index (χ3n) is 3.68. The Bertz CT molecular complexity index is 479. The lowest BCUT2D eigenvalue weighted by Gasteiger charge is -2.26. The van der Waals surface area contributed by atoms with Gasteiger partial charge >= 0.3 is 6.09 Å². The highest BCUT2D eigenvalue weighted by Crippen LogP contribution is 2.32. The predicted octanol–water partition coefficient (Wildman–Crippen LogP) is 1.42. The van der Waals surface area contributed by atoms with Gasteiger partial charge in [0, 0.05) is 26.2 Å². The largest absolute Gasteiger partial charge is 0.444 e. The van der Waals surface area contributed by atoms with E-state index in [-0.39, 0.29) is 17.4 Å². The number of carbonyl (C=O) groups is 1. The van der Waals surface area contributed by atoms with Crippen LogP contribution in [0.15, 0.2) is 0 Å². The molecule has 0 spiro atoms. The fourth-order valence-corrected chi connectivity index (χ4v) is 4.13. The maximum atomic E-state index is 12.2. The summed E-state index contributed by atoms with van der Waals surface area (Å²) in [5.74, 6) is 0. The Morgan fingerprint density at radius 1 is 1.25 bits per heavy atom. The molecule has 1 saturated carbocycles. The molecule has 0 radical (unpaired) electrons. The van der Waals surface area contributed by atoms with Crippen molar-refractivity contribution in [2.75, 3.05) is 20.1 Å². The number of ether oxygens (including phenoxy) is 1. The van der Waals surface area contributed by atoms with Crippen LogP contribution >= 0.6 is 0 Å². The quantitative estimate of drug-likeness (QED) is 0.791. The molecule has 2 rings (SSSR count). The number of carbonyl (C=O) groups excluding carboxylic acids is 1. The molecule has 7 heteroatoms. The van der Waals surface area contributed by atoms with E-state index in [1.165, 1.54) is 4.31 Å². The first-order valence-electron chi connectivity index (χ1n) is 7.06. The molecule has 0 aromatic rings. The van der Waals surface area contributed by atoms with E-state index in [1.54, 1.807) is 11.9 Å².